The Kier molecular flexibility index (Phi) is 52.6. The number of nitrogens with one attached hydrogen (secondary N) is 1. The Balaban J connectivity index is 3.48. The van der Waals surface area contributed by atoms with Gasteiger partial charge in [0.25, 0.3) is 0 Å². The number of carbonyl (C=O) groups is 2. The number of esters is 1. The Morgan fingerprint density at radius 3 is 1.11 bits per heavy atom. The minimum absolute atomic E-state index is 0.0182. The van der Waals surface area contributed by atoms with E-state index >= 15 is 0 Å². The van der Waals surface area contributed by atoms with Gasteiger partial charge in [0.2, 0.25) is 5.91 Å². The number of carbonyl (C=O) groups excluding carboxylic acids is 2. The van der Waals surface area contributed by atoms with Crippen molar-refractivity contribution < 1.29 is 24.5 Å². The van der Waals surface area contributed by atoms with Crippen molar-refractivity contribution in [1.82, 2.24) is 5.32 Å². The molecule has 64 heavy (non-hydrogen) atoms. The number of hydrogen-bond acceptors (Lipinski definition) is 5. The van der Waals surface area contributed by atoms with Gasteiger partial charge < -0.3 is 20.3 Å². The molecule has 2 unspecified atom stereocenters. The Labute approximate surface area is 399 Å². The summed E-state index contributed by atoms with van der Waals surface area (Å²) in [6.07, 6.45) is 64.4. The quantitative estimate of drug-likeness (QED) is 0.0321. The Hall–Kier alpha value is -1.66. The lowest BCUT2D eigenvalue weighted by Crippen LogP contribution is -2.45. The smallest absolute Gasteiger partial charge is 0.305 e. The van der Waals surface area contributed by atoms with Crippen LogP contribution in [-0.4, -0.2) is 47.4 Å². The van der Waals surface area contributed by atoms with Crippen LogP contribution in [0, 0.1) is 0 Å². The van der Waals surface area contributed by atoms with Crippen molar-refractivity contribution in [2.24, 2.45) is 0 Å². The fraction of sp³-hybridized carbons (Fsp3) is 0.897. The lowest BCUT2D eigenvalue weighted by molar-refractivity contribution is -0.143. The zero-order chi connectivity index (χ0) is 46.5. The summed E-state index contributed by atoms with van der Waals surface area (Å²) in [5.41, 5.74) is 0. The molecule has 0 saturated heterocycles. The van der Waals surface area contributed by atoms with Crippen LogP contribution < -0.4 is 5.32 Å². The molecule has 0 spiro atoms. The largest absolute Gasteiger partial charge is 0.466 e. The average molecular weight is 903 g/mol. The first-order valence-electron chi connectivity index (χ1n) is 28.6. The molecular formula is C58H111NO5. The van der Waals surface area contributed by atoms with Crippen LogP contribution in [0.25, 0.3) is 0 Å². The average Bonchev–Trinajstić information content (AvgIpc) is 3.29. The molecule has 0 radical (unpaired) electrons. The predicted octanol–water partition coefficient (Wildman–Crippen LogP) is 17.5. The number of allylic oxidation sites excluding steroid dienone is 4. The summed E-state index contributed by atoms with van der Waals surface area (Å²) < 4.78 is 5.45. The summed E-state index contributed by atoms with van der Waals surface area (Å²) >= 11 is 0. The van der Waals surface area contributed by atoms with Gasteiger partial charge in [-0.15, -0.1) is 0 Å². The molecule has 0 rings (SSSR count). The Morgan fingerprint density at radius 1 is 0.422 bits per heavy atom. The molecule has 0 aliphatic rings. The van der Waals surface area contributed by atoms with Gasteiger partial charge in [-0.05, 0) is 77.0 Å². The maximum Gasteiger partial charge on any atom is 0.305 e. The normalized spacial score (nSPS) is 12.8. The van der Waals surface area contributed by atoms with Gasteiger partial charge in [0, 0.05) is 12.8 Å². The van der Waals surface area contributed by atoms with E-state index in [1.54, 1.807) is 0 Å². The number of unbranched alkanes of at least 4 members (excludes halogenated alkanes) is 38. The molecule has 0 saturated carbocycles. The first-order chi connectivity index (χ1) is 31.5. The third-order valence-corrected chi connectivity index (χ3v) is 13.2. The molecule has 3 N–H and O–H groups in total. The molecule has 0 bridgehead atoms. The first-order valence-corrected chi connectivity index (χ1v) is 28.6. The summed E-state index contributed by atoms with van der Waals surface area (Å²) in [7, 11) is 0. The maximum absolute atomic E-state index is 12.5. The number of aliphatic hydroxyl groups is 2. The van der Waals surface area contributed by atoms with Crippen LogP contribution in [0.2, 0.25) is 0 Å². The topological polar surface area (TPSA) is 95.9 Å². The van der Waals surface area contributed by atoms with Crippen LogP contribution in [-0.2, 0) is 14.3 Å². The molecule has 0 aromatic rings. The van der Waals surface area contributed by atoms with Gasteiger partial charge >= 0.3 is 5.97 Å². The number of hydrogen-bond donors (Lipinski definition) is 3. The monoisotopic (exact) mass is 902 g/mol. The second-order valence-electron chi connectivity index (χ2n) is 19.6. The van der Waals surface area contributed by atoms with Gasteiger partial charge in [0.05, 0.1) is 25.4 Å². The van der Waals surface area contributed by atoms with Crippen LogP contribution >= 0.6 is 0 Å². The van der Waals surface area contributed by atoms with Gasteiger partial charge in [-0.25, -0.2) is 0 Å². The van der Waals surface area contributed by atoms with Crippen LogP contribution in [0.5, 0.6) is 0 Å². The Bertz CT molecular complexity index is 997. The number of rotatable bonds is 53. The van der Waals surface area contributed by atoms with E-state index in [0.717, 1.165) is 70.6 Å². The molecule has 0 aliphatic carbocycles. The molecule has 2 atom stereocenters. The molecule has 0 aromatic carbocycles. The highest BCUT2D eigenvalue weighted by atomic mass is 16.5. The van der Waals surface area contributed by atoms with Gasteiger partial charge in [-0.3, -0.25) is 9.59 Å². The standard InChI is InChI=1S/C58H111NO5/c1-3-5-7-9-11-13-15-17-19-20-21-23-26-30-34-38-42-46-50-56(61)55(54-60)59-57(62)51-47-43-39-35-31-27-24-22-25-29-33-37-41-45-49-53-64-58(63)52-48-44-40-36-32-28-18-16-14-12-10-8-6-4-2/h16,18,25,29,55-56,60-61H,3-15,17,19-24,26-28,30-54H2,1-2H3,(H,59,62)/b18-16-,29-25-. The van der Waals surface area contributed by atoms with Gasteiger partial charge in [-0.2, -0.15) is 0 Å². The zero-order valence-corrected chi connectivity index (χ0v) is 43.0. The third kappa shape index (κ3) is 49.8. The Morgan fingerprint density at radius 2 is 0.734 bits per heavy atom. The van der Waals surface area contributed by atoms with E-state index in [0.29, 0.717) is 25.9 Å². The van der Waals surface area contributed by atoms with Crippen molar-refractivity contribution in [3.8, 4) is 0 Å². The molecule has 1 amide bonds. The van der Waals surface area contributed by atoms with Crippen molar-refractivity contribution in [2.45, 2.75) is 321 Å². The summed E-state index contributed by atoms with van der Waals surface area (Å²) in [6, 6.07) is -0.553. The highest BCUT2D eigenvalue weighted by Crippen LogP contribution is 2.17. The van der Waals surface area contributed by atoms with E-state index < -0.39 is 12.1 Å². The van der Waals surface area contributed by atoms with Crippen LogP contribution in [0.3, 0.4) is 0 Å². The highest BCUT2D eigenvalue weighted by Gasteiger charge is 2.20. The van der Waals surface area contributed by atoms with Crippen molar-refractivity contribution in [2.75, 3.05) is 13.2 Å². The number of aliphatic hydroxyl groups excluding tert-OH is 2. The second kappa shape index (κ2) is 54.0. The third-order valence-electron chi connectivity index (χ3n) is 13.2. The summed E-state index contributed by atoms with van der Waals surface area (Å²) in [5.74, 6) is -0.0667. The fourth-order valence-electron chi connectivity index (χ4n) is 8.81. The summed E-state index contributed by atoms with van der Waals surface area (Å²) in [6.45, 7) is 4.92. The zero-order valence-electron chi connectivity index (χ0n) is 43.0. The van der Waals surface area contributed by atoms with Gasteiger partial charge in [0.1, 0.15) is 0 Å². The molecule has 6 heteroatoms. The lowest BCUT2D eigenvalue weighted by Gasteiger charge is -2.22. The van der Waals surface area contributed by atoms with Crippen molar-refractivity contribution in [1.29, 1.82) is 0 Å². The lowest BCUT2D eigenvalue weighted by atomic mass is 10.0. The summed E-state index contributed by atoms with van der Waals surface area (Å²) in [4.78, 5) is 24.5. The van der Waals surface area contributed by atoms with Crippen LogP contribution in [0.1, 0.15) is 309 Å². The molecule has 0 aliphatic heterocycles. The molecule has 6 nitrogen and oxygen atoms in total. The minimum atomic E-state index is -0.675. The van der Waals surface area contributed by atoms with Crippen molar-refractivity contribution in [3.05, 3.63) is 24.3 Å². The number of amides is 1. The summed E-state index contributed by atoms with van der Waals surface area (Å²) in [5, 5.41) is 23.3. The second-order valence-corrected chi connectivity index (χ2v) is 19.6. The van der Waals surface area contributed by atoms with Crippen molar-refractivity contribution >= 4 is 11.9 Å². The van der Waals surface area contributed by atoms with E-state index in [-0.39, 0.29) is 18.5 Å². The molecule has 0 aromatic heterocycles. The van der Waals surface area contributed by atoms with Gasteiger partial charge in [0.15, 0.2) is 0 Å². The van der Waals surface area contributed by atoms with E-state index in [1.165, 1.54) is 205 Å². The maximum atomic E-state index is 12.5. The fourth-order valence-corrected chi connectivity index (χ4v) is 8.81. The minimum Gasteiger partial charge on any atom is -0.466 e. The van der Waals surface area contributed by atoms with E-state index in [9.17, 15) is 19.8 Å². The van der Waals surface area contributed by atoms with Crippen molar-refractivity contribution in [3.63, 3.8) is 0 Å². The van der Waals surface area contributed by atoms with Crippen LogP contribution in [0.4, 0.5) is 0 Å². The SMILES string of the molecule is CCCCCCC/C=C\CCCCCCCC(=O)OCCCCCC/C=C\CCCCCCCCCC(=O)NC(CO)C(O)CCCCCCCCCCCCCCCCCCCC. The van der Waals surface area contributed by atoms with E-state index in [1.807, 2.05) is 0 Å². The molecule has 0 heterocycles. The molecular weight excluding hydrogens is 791 g/mol. The van der Waals surface area contributed by atoms with Gasteiger partial charge in [-0.1, -0.05) is 244 Å². The van der Waals surface area contributed by atoms with Crippen LogP contribution in [0.15, 0.2) is 24.3 Å². The number of ether oxygens (including phenoxy) is 1. The molecule has 378 valence electrons. The van der Waals surface area contributed by atoms with E-state index in [4.69, 9.17) is 4.74 Å². The van der Waals surface area contributed by atoms with E-state index in [2.05, 4.69) is 43.5 Å². The predicted molar refractivity (Wildman–Crippen MR) is 278 cm³/mol. The first kappa shape index (κ1) is 62.3. The highest BCUT2D eigenvalue weighted by molar-refractivity contribution is 5.76. The molecule has 0 fully saturated rings.